The van der Waals surface area contributed by atoms with Crippen molar-refractivity contribution in [1.29, 1.82) is 0 Å². The van der Waals surface area contributed by atoms with Crippen molar-refractivity contribution in [2.45, 2.75) is 12.5 Å². The SMILES string of the molecule is CNc1ccc(C2=CCOC(COC)C2)cn1. The Kier molecular flexibility index (Phi) is 4.12. The fraction of sp³-hybridized carbons (Fsp3) is 0.462. The predicted molar refractivity (Wildman–Crippen MR) is 68.0 cm³/mol. The maximum absolute atomic E-state index is 5.58. The maximum atomic E-state index is 5.58. The topological polar surface area (TPSA) is 43.4 Å². The van der Waals surface area contributed by atoms with Gasteiger partial charge in [0.1, 0.15) is 5.82 Å². The van der Waals surface area contributed by atoms with E-state index in [0.717, 1.165) is 17.8 Å². The lowest BCUT2D eigenvalue weighted by atomic mass is 9.99. The van der Waals surface area contributed by atoms with Gasteiger partial charge in [0.25, 0.3) is 0 Å². The van der Waals surface area contributed by atoms with Crippen LogP contribution in [0.2, 0.25) is 0 Å². The molecule has 1 atom stereocenters. The molecule has 4 heteroatoms. The molecule has 2 heterocycles. The van der Waals surface area contributed by atoms with E-state index in [1.165, 1.54) is 5.57 Å². The average Bonchev–Trinajstić information content (AvgIpc) is 2.40. The summed E-state index contributed by atoms with van der Waals surface area (Å²) in [7, 11) is 3.56. The minimum atomic E-state index is 0.156. The standard InChI is InChI=1S/C13H18N2O2/c1-14-13-4-3-11(8-15-13)10-5-6-17-12(7-10)9-16-2/h3-5,8,12H,6-7,9H2,1-2H3,(H,14,15). The molecule has 1 N–H and O–H groups in total. The van der Waals surface area contributed by atoms with Crippen molar-refractivity contribution in [3.8, 4) is 0 Å². The quantitative estimate of drug-likeness (QED) is 0.864. The van der Waals surface area contributed by atoms with Crippen LogP contribution in [0.4, 0.5) is 5.82 Å². The molecule has 0 aliphatic carbocycles. The fourth-order valence-electron chi connectivity index (χ4n) is 1.93. The van der Waals surface area contributed by atoms with Gasteiger partial charge < -0.3 is 14.8 Å². The predicted octanol–water partition coefficient (Wildman–Crippen LogP) is 1.94. The second-order valence-electron chi connectivity index (χ2n) is 4.03. The van der Waals surface area contributed by atoms with Crippen molar-refractivity contribution in [2.75, 3.05) is 32.7 Å². The van der Waals surface area contributed by atoms with E-state index in [9.17, 15) is 0 Å². The molecule has 0 saturated carbocycles. The molecule has 2 rings (SSSR count). The average molecular weight is 234 g/mol. The van der Waals surface area contributed by atoms with E-state index >= 15 is 0 Å². The lowest BCUT2D eigenvalue weighted by molar-refractivity contribution is 0.00967. The minimum Gasteiger partial charge on any atom is -0.382 e. The van der Waals surface area contributed by atoms with Crippen LogP contribution in [0.5, 0.6) is 0 Å². The van der Waals surface area contributed by atoms with Gasteiger partial charge in [-0.3, -0.25) is 0 Å². The van der Waals surface area contributed by atoms with E-state index in [0.29, 0.717) is 13.2 Å². The smallest absolute Gasteiger partial charge is 0.125 e. The zero-order valence-electron chi connectivity index (χ0n) is 10.3. The van der Waals surface area contributed by atoms with Crippen molar-refractivity contribution in [1.82, 2.24) is 4.98 Å². The highest BCUT2D eigenvalue weighted by Crippen LogP contribution is 2.24. The minimum absolute atomic E-state index is 0.156. The normalized spacial score (nSPS) is 19.9. The van der Waals surface area contributed by atoms with Crippen LogP contribution in [0.3, 0.4) is 0 Å². The van der Waals surface area contributed by atoms with Crippen molar-refractivity contribution < 1.29 is 9.47 Å². The Labute approximate surface area is 102 Å². The van der Waals surface area contributed by atoms with E-state index in [2.05, 4.69) is 22.4 Å². The van der Waals surface area contributed by atoms with Gasteiger partial charge in [0.15, 0.2) is 0 Å². The van der Waals surface area contributed by atoms with Crippen LogP contribution in [0.25, 0.3) is 5.57 Å². The number of nitrogens with zero attached hydrogens (tertiary/aromatic N) is 1. The zero-order chi connectivity index (χ0) is 12.1. The second-order valence-corrected chi connectivity index (χ2v) is 4.03. The first kappa shape index (κ1) is 12.1. The Bertz CT molecular complexity index is 387. The number of pyridine rings is 1. The highest BCUT2D eigenvalue weighted by molar-refractivity contribution is 5.66. The molecule has 0 bridgehead atoms. The van der Waals surface area contributed by atoms with Gasteiger partial charge in [0.2, 0.25) is 0 Å². The Morgan fingerprint density at radius 3 is 3.06 bits per heavy atom. The number of hydrogen-bond acceptors (Lipinski definition) is 4. The molecule has 1 aromatic heterocycles. The summed E-state index contributed by atoms with van der Waals surface area (Å²) >= 11 is 0. The molecule has 4 nitrogen and oxygen atoms in total. The number of rotatable bonds is 4. The molecular formula is C13H18N2O2. The molecule has 0 fully saturated rings. The lowest BCUT2D eigenvalue weighted by Crippen LogP contribution is -2.23. The first-order valence-corrected chi connectivity index (χ1v) is 5.77. The molecule has 0 spiro atoms. The third-order valence-corrected chi connectivity index (χ3v) is 2.85. The van der Waals surface area contributed by atoms with E-state index in [4.69, 9.17) is 9.47 Å². The van der Waals surface area contributed by atoms with Crippen LogP contribution in [-0.4, -0.2) is 38.5 Å². The van der Waals surface area contributed by atoms with E-state index in [-0.39, 0.29) is 6.10 Å². The molecule has 1 aromatic rings. The number of methoxy groups -OCH3 is 1. The van der Waals surface area contributed by atoms with Crippen molar-refractivity contribution in [3.05, 3.63) is 30.0 Å². The first-order valence-electron chi connectivity index (χ1n) is 5.77. The molecule has 0 saturated heterocycles. The summed E-state index contributed by atoms with van der Waals surface area (Å²) in [6.07, 6.45) is 5.05. The van der Waals surface area contributed by atoms with Crippen molar-refractivity contribution in [2.24, 2.45) is 0 Å². The summed E-state index contributed by atoms with van der Waals surface area (Å²) in [5, 5.41) is 3.01. The maximum Gasteiger partial charge on any atom is 0.125 e. The van der Waals surface area contributed by atoms with Gasteiger partial charge in [-0.15, -0.1) is 0 Å². The lowest BCUT2D eigenvalue weighted by Gasteiger charge is -2.22. The van der Waals surface area contributed by atoms with E-state index < -0.39 is 0 Å². The van der Waals surface area contributed by atoms with Crippen LogP contribution < -0.4 is 5.32 Å². The number of nitrogens with one attached hydrogen (secondary N) is 1. The van der Waals surface area contributed by atoms with Crippen molar-refractivity contribution in [3.63, 3.8) is 0 Å². The largest absolute Gasteiger partial charge is 0.382 e. The summed E-state index contributed by atoms with van der Waals surface area (Å²) < 4.78 is 10.7. The molecule has 0 amide bonds. The van der Waals surface area contributed by atoms with Gasteiger partial charge in [-0.1, -0.05) is 6.08 Å². The van der Waals surface area contributed by atoms with Crippen LogP contribution in [0.1, 0.15) is 12.0 Å². The number of aromatic nitrogens is 1. The molecule has 1 aliphatic rings. The van der Waals surface area contributed by atoms with E-state index in [1.807, 2.05) is 19.3 Å². The Morgan fingerprint density at radius 1 is 1.53 bits per heavy atom. The summed E-state index contributed by atoms with van der Waals surface area (Å²) in [5.74, 6) is 0.884. The molecule has 17 heavy (non-hydrogen) atoms. The molecule has 1 aliphatic heterocycles. The molecule has 0 radical (unpaired) electrons. The number of ether oxygens (including phenoxy) is 2. The van der Waals surface area contributed by atoms with E-state index in [1.54, 1.807) is 7.11 Å². The first-order chi connectivity index (χ1) is 8.33. The van der Waals surface area contributed by atoms with Crippen LogP contribution in [0.15, 0.2) is 24.4 Å². The third kappa shape index (κ3) is 3.05. The highest BCUT2D eigenvalue weighted by Gasteiger charge is 2.17. The summed E-state index contributed by atoms with van der Waals surface area (Å²) in [5.41, 5.74) is 2.45. The monoisotopic (exact) mass is 234 g/mol. The van der Waals surface area contributed by atoms with Gasteiger partial charge in [-0.05, 0) is 23.3 Å². The van der Waals surface area contributed by atoms with Crippen LogP contribution >= 0.6 is 0 Å². The second kappa shape index (κ2) is 5.80. The summed E-state index contributed by atoms with van der Waals surface area (Å²) in [4.78, 5) is 4.32. The Balaban J connectivity index is 2.08. The number of anilines is 1. The highest BCUT2D eigenvalue weighted by atomic mass is 16.5. The summed E-state index contributed by atoms with van der Waals surface area (Å²) in [6, 6.07) is 4.07. The molecule has 1 unspecified atom stereocenters. The van der Waals surface area contributed by atoms with Crippen LogP contribution in [0, 0.1) is 0 Å². The summed E-state index contributed by atoms with van der Waals surface area (Å²) in [6.45, 7) is 1.29. The van der Waals surface area contributed by atoms with Gasteiger partial charge in [-0.25, -0.2) is 4.98 Å². The Hall–Kier alpha value is -1.39. The van der Waals surface area contributed by atoms with Crippen LogP contribution in [-0.2, 0) is 9.47 Å². The Morgan fingerprint density at radius 2 is 2.41 bits per heavy atom. The zero-order valence-corrected chi connectivity index (χ0v) is 10.3. The van der Waals surface area contributed by atoms with Gasteiger partial charge in [0.05, 0.1) is 19.3 Å². The van der Waals surface area contributed by atoms with Gasteiger partial charge in [0, 0.05) is 26.8 Å². The fourth-order valence-corrected chi connectivity index (χ4v) is 1.93. The van der Waals surface area contributed by atoms with Gasteiger partial charge >= 0.3 is 0 Å². The van der Waals surface area contributed by atoms with Gasteiger partial charge in [-0.2, -0.15) is 0 Å². The number of hydrogen-bond donors (Lipinski definition) is 1. The molecule has 92 valence electrons. The molecular weight excluding hydrogens is 216 g/mol. The molecule has 0 aromatic carbocycles. The van der Waals surface area contributed by atoms with Crippen molar-refractivity contribution >= 4 is 11.4 Å². The third-order valence-electron chi connectivity index (χ3n) is 2.85.